The molecule has 0 aliphatic carbocycles. The molecule has 0 atom stereocenters. The molecule has 0 fully saturated rings. The van der Waals surface area contributed by atoms with E-state index in [9.17, 15) is 14.4 Å². The minimum Gasteiger partial charge on any atom is -0.464 e. The summed E-state index contributed by atoms with van der Waals surface area (Å²) in [5.41, 5.74) is 7.68. The minimum atomic E-state index is -1.41. The summed E-state index contributed by atoms with van der Waals surface area (Å²) < 4.78 is 4.84. The maximum absolute atomic E-state index is 11.4. The van der Waals surface area contributed by atoms with Crippen molar-refractivity contribution in [3.63, 3.8) is 0 Å². The Morgan fingerprint density at radius 3 is 2.45 bits per heavy atom. The summed E-state index contributed by atoms with van der Waals surface area (Å²) in [6.45, 7) is -0.235. The zero-order chi connectivity index (χ0) is 15.0. The number of primary amides is 1. The van der Waals surface area contributed by atoms with Gasteiger partial charge in [0.25, 0.3) is 0 Å². The number of nitrogens with zero attached hydrogens (tertiary/aromatic N) is 1. The van der Waals surface area contributed by atoms with Crippen molar-refractivity contribution in [2.24, 2.45) is 5.73 Å². The van der Waals surface area contributed by atoms with Gasteiger partial charge < -0.3 is 15.6 Å². The molecule has 1 aromatic carbocycles. The fourth-order valence-electron chi connectivity index (χ4n) is 1.29. The first kappa shape index (κ1) is 15.3. The lowest BCUT2D eigenvalue weighted by molar-refractivity contribution is -0.118. The van der Waals surface area contributed by atoms with Crippen molar-refractivity contribution in [2.45, 2.75) is 13.0 Å². The molecule has 0 saturated carbocycles. The van der Waals surface area contributed by atoms with Crippen molar-refractivity contribution >= 4 is 18.1 Å². The lowest BCUT2D eigenvalue weighted by Crippen LogP contribution is -2.46. The summed E-state index contributed by atoms with van der Waals surface area (Å²) in [7, 11) is 0. The molecule has 8 nitrogen and oxygen atoms in total. The van der Waals surface area contributed by atoms with Crippen LogP contribution in [-0.2, 0) is 16.1 Å². The maximum Gasteiger partial charge on any atom is 0.426 e. The molecule has 4 N–H and O–H groups in total. The third-order valence-corrected chi connectivity index (χ3v) is 2.25. The molecule has 1 rings (SSSR count). The lowest BCUT2D eigenvalue weighted by atomic mass is 10.2. The average Bonchev–Trinajstić information content (AvgIpc) is 2.41. The predicted octanol–water partition coefficient (Wildman–Crippen LogP) is 0.683. The van der Waals surface area contributed by atoms with E-state index in [1.165, 1.54) is 0 Å². The van der Waals surface area contributed by atoms with Crippen LogP contribution in [0.2, 0.25) is 0 Å². The second-order valence-corrected chi connectivity index (χ2v) is 3.82. The number of carbonyl (C=O) groups is 3. The van der Waals surface area contributed by atoms with Gasteiger partial charge in [0.1, 0.15) is 6.61 Å². The topological polar surface area (TPSA) is 122 Å². The van der Waals surface area contributed by atoms with Gasteiger partial charge in [0.15, 0.2) is 0 Å². The molecule has 0 spiro atoms. The van der Waals surface area contributed by atoms with Crippen molar-refractivity contribution in [2.75, 3.05) is 6.54 Å². The highest BCUT2D eigenvalue weighted by Crippen LogP contribution is 2.00. The van der Waals surface area contributed by atoms with Crippen LogP contribution in [0.1, 0.15) is 12.0 Å². The van der Waals surface area contributed by atoms with Gasteiger partial charge in [0, 0.05) is 6.42 Å². The SMILES string of the molecule is NC(=O)CCN(NC(=O)OCc1ccccc1)C(=O)O. The van der Waals surface area contributed by atoms with Crippen molar-refractivity contribution in [1.29, 1.82) is 0 Å². The van der Waals surface area contributed by atoms with Crippen LogP contribution in [0.5, 0.6) is 0 Å². The largest absolute Gasteiger partial charge is 0.464 e. The molecule has 0 aromatic heterocycles. The van der Waals surface area contributed by atoms with Gasteiger partial charge in [-0.15, -0.1) is 0 Å². The first-order valence-corrected chi connectivity index (χ1v) is 5.75. The molecule has 108 valence electrons. The Labute approximate surface area is 115 Å². The number of hydrogen-bond acceptors (Lipinski definition) is 4. The highest BCUT2D eigenvalue weighted by Gasteiger charge is 2.16. The van der Waals surface area contributed by atoms with Gasteiger partial charge in [0.05, 0.1) is 6.54 Å². The van der Waals surface area contributed by atoms with Crippen molar-refractivity contribution < 1.29 is 24.2 Å². The van der Waals surface area contributed by atoms with Crippen LogP contribution in [0.15, 0.2) is 30.3 Å². The molecule has 20 heavy (non-hydrogen) atoms. The Kier molecular flexibility index (Phi) is 5.82. The van der Waals surface area contributed by atoms with Gasteiger partial charge in [-0.3, -0.25) is 4.79 Å². The number of nitrogens with two attached hydrogens (primary N) is 1. The number of benzene rings is 1. The molecule has 0 radical (unpaired) electrons. The van der Waals surface area contributed by atoms with Gasteiger partial charge in [-0.05, 0) is 5.56 Å². The number of ether oxygens (including phenoxy) is 1. The number of carbonyl (C=O) groups excluding carboxylic acids is 2. The zero-order valence-corrected chi connectivity index (χ0v) is 10.6. The highest BCUT2D eigenvalue weighted by atomic mass is 16.6. The van der Waals surface area contributed by atoms with Crippen LogP contribution < -0.4 is 11.2 Å². The van der Waals surface area contributed by atoms with Gasteiger partial charge >= 0.3 is 12.2 Å². The Morgan fingerprint density at radius 2 is 1.90 bits per heavy atom. The van der Waals surface area contributed by atoms with Crippen molar-refractivity contribution in [3.8, 4) is 0 Å². The Hall–Kier alpha value is -2.77. The number of rotatable bonds is 5. The lowest BCUT2D eigenvalue weighted by Gasteiger charge is -2.18. The second kappa shape index (κ2) is 7.62. The summed E-state index contributed by atoms with van der Waals surface area (Å²) in [6.07, 6.45) is -2.55. The standard InChI is InChI=1S/C12H15N3O5/c13-10(16)6-7-15(12(18)19)14-11(17)20-8-9-4-2-1-3-5-9/h1-5H,6-8H2,(H2,13,16)(H,14,17)(H,18,19). The zero-order valence-electron chi connectivity index (χ0n) is 10.6. The van der Waals surface area contributed by atoms with Gasteiger partial charge in [-0.1, -0.05) is 30.3 Å². The van der Waals surface area contributed by atoms with E-state index in [0.29, 0.717) is 5.01 Å². The molecule has 0 bridgehead atoms. The highest BCUT2D eigenvalue weighted by molar-refractivity contribution is 5.76. The molecular formula is C12H15N3O5. The summed E-state index contributed by atoms with van der Waals surface area (Å²) in [5.74, 6) is -0.671. The Morgan fingerprint density at radius 1 is 1.25 bits per heavy atom. The van der Waals surface area contributed by atoms with E-state index >= 15 is 0 Å². The molecule has 0 unspecified atom stereocenters. The molecule has 0 aliphatic rings. The Bertz CT molecular complexity index is 477. The average molecular weight is 281 g/mol. The number of hydrogen-bond donors (Lipinski definition) is 3. The molecular weight excluding hydrogens is 266 g/mol. The quantitative estimate of drug-likeness (QED) is 0.685. The summed E-state index contributed by atoms with van der Waals surface area (Å²) in [4.78, 5) is 32.8. The molecule has 0 saturated heterocycles. The molecule has 0 aliphatic heterocycles. The van der Waals surface area contributed by atoms with Crippen LogP contribution >= 0.6 is 0 Å². The van der Waals surface area contributed by atoms with Crippen molar-refractivity contribution in [3.05, 3.63) is 35.9 Å². The van der Waals surface area contributed by atoms with Crippen LogP contribution in [0, 0.1) is 0 Å². The summed E-state index contributed by atoms with van der Waals surface area (Å²) >= 11 is 0. The van der Waals surface area contributed by atoms with Gasteiger partial charge in [-0.2, -0.15) is 0 Å². The second-order valence-electron chi connectivity index (χ2n) is 3.82. The first-order chi connectivity index (χ1) is 9.49. The normalized spacial score (nSPS) is 9.60. The third-order valence-electron chi connectivity index (χ3n) is 2.25. The number of carboxylic acid groups (broad SMARTS) is 1. The van der Waals surface area contributed by atoms with Crippen LogP contribution in [0.3, 0.4) is 0 Å². The van der Waals surface area contributed by atoms with Crippen LogP contribution in [-0.4, -0.2) is 34.8 Å². The predicted molar refractivity (Wildman–Crippen MR) is 68.3 cm³/mol. The number of hydrazine groups is 1. The third kappa shape index (κ3) is 5.71. The fraction of sp³-hybridized carbons (Fsp3) is 0.250. The van der Waals surface area contributed by atoms with Gasteiger partial charge in [-0.25, -0.2) is 20.0 Å². The smallest absolute Gasteiger partial charge is 0.426 e. The molecule has 1 aromatic rings. The number of nitrogens with one attached hydrogen (secondary N) is 1. The van der Waals surface area contributed by atoms with E-state index in [-0.39, 0.29) is 19.6 Å². The van der Waals surface area contributed by atoms with E-state index in [1.807, 2.05) is 11.5 Å². The first-order valence-electron chi connectivity index (χ1n) is 5.75. The molecule has 8 heteroatoms. The van der Waals surface area contributed by atoms with Crippen LogP contribution in [0.25, 0.3) is 0 Å². The van der Waals surface area contributed by atoms with E-state index in [4.69, 9.17) is 15.6 Å². The van der Waals surface area contributed by atoms with E-state index < -0.39 is 18.1 Å². The van der Waals surface area contributed by atoms with Crippen molar-refractivity contribution in [1.82, 2.24) is 10.4 Å². The summed E-state index contributed by atoms with van der Waals surface area (Å²) in [5, 5.41) is 9.36. The van der Waals surface area contributed by atoms with E-state index in [2.05, 4.69) is 0 Å². The van der Waals surface area contributed by atoms with Crippen LogP contribution in [0.4, 0.5) is 9.59 Å². The van der Waals surface area contributed by atoms with E-state index in [1.54, 1.807) is 24.3 Å². The monoisotopic (exact) mass is 281 g/mol. The molecule has 3 amide bonds. The summed E-state index contributed by atoms with van der Waals surface area (Å²) in [6, 6.07) is 8.91. The van der Waals surface area contributed by atoms with Gasteiger partial charge in [0.2, 0.25) is 5.91 Å². The molecule has 0 heterocycles. The van der Waals surface area contributed by atoms with E-state index in [0.717, 1.165) is 5.56 Å². The minimum absolute atomic E-state index is 0.00987. The number of amides is 3. The Balaban J connectivity index is 2.41. The maximum atomic E-state index is 11.4. The fourth-order valence-corrected chi connectivity index (χ4v) is 1.29.